The molecule has 0 radical (unpaired) electrons. The molecule has 0 bridgehead atoms. The van der Waals surface area contributed by atoms with Crippen LogP contribution in [0.2, 0.25) is 0 Å². The van der Waals surface area contributed by atoms with Crippen LogP contribution in [0.1, 0.15) is 59.3 Å². The molecule has 6 atom stereocenters. The summed E-state index contributed by atoms with van der Waals surface area (Å²) in [4.78, 5) is 58.9. The summed E-state index contributed by atoms with van der Waals surface area (Å²) < 4.78 is 30.9. The number of rotatable bonds is 11. The van der Waals surface area contributed by atoms with Crippen LogP contribution < -0.4 is 20.1 Å². The van der Waals surface area contributed by atoms with Gasteiger partial charge >= 0.3 is 6.09 Å². The van der Waals surface area contributed by atoms with E-state index in [4.69, 9.17) is 19.2 Å². The average molecular weight is 733 g/mol. The van der Waals surface area contributed by atoms with Crippen molar-refractivity contribution in [2.45, 2.75) is 88.9 Å². The molecule has 2 aliphatic carbocycles. The van der Waals surface area contributed by atoms with Crippen LogP contribution >= 0.6 is 7.37 Å². The molecular weight excluding hydrogens is 683 g/mol. The Labute approximate surface area is 304 Å². The first-order valence-electron chi connectivity index (χ1n) is 17.9. The van der Waals surface area contributed by atoms with Gasteiger partial charge in [-0.3, -0.25) is 14.2 Å². The molecule has 1 aromatic heterocycles. The van der Waals surface area contributed by atoms with Crippen molar-refractivity contribution in [2.75, 3.05) is 20.3 Å². The number of benzene rings is 2. The number of nitrogens with zero attached hydrogens (tertiary/aromatic N) is 2. The summed E-state index contributed by atoms with van der Waals surface area (Å²) in [7, 11) is -2.23. The lowest BCUT2D eigenvalue weighted by Gasteiger charge is -2.35. The first-order chi connectivity index (χ1) is 24.6. The highest BCUT2D eigenvalue weighted by atomic mass is 31.2. The Morgan fingerprint density at radius 3 is 2.42 bits per heavy atom. The number of likely N-dealkylation sites (tertiary alicyclic amines) is 1. The van der Waals surface area contributed by atoms with E-state index in [-0.39, 0.29) is 31.4 Å². The second-order valence-corrected chi connectivity index (χ2v) is 17.9. The second-order valence-electron chi connectivity index (χ2n) is 15.3. The van der Waals surface area contributed by atoms with Gasteiger partial charge in [0.15, 0.2) is 0 Å². The third kappa shape index (κ3) is 7.69. The van der Waals surface area contributed by atoms with E-state index in [0.29, 0.717) is 28.1 Å². The molecule has 3 N–H and O–H groups in total. The minimum atomic E-state index is -3.81. The van der Waals surface area contributed by atoms with Crippen LogP contribution in [-0.2, 0) is 18.9 Å². The van der Waals surface area contributed by atoms with Gasteiger partial charge in [-0.15, -0.1) is 6.58 Å². The topological polar surface area (TPSA) is 156 Å². The lowest BCUT2D eigenvalue weighted by molar-refractivity contribution is -0.142. The summed E-state index contributed by atoms with van der Waals surface area (Å²) in [5.74, 6) is -0.308. The predicted molar refractivity (Wildman–Crippen MR) is 198 cm³/mol. The summed E-state index contributed by atoms with van der Waals surface area (Å²) in [5.41, 5.74) is 1.43. The number of hydrogen-bond donors (Lipinski definition) is 3. The van der Waals surface area contributed by atoms with Crippen molar-refractivity contribution in [3.05, 3.63) is 67.3 Å². The van der Waals surface area contributed by atoms with Crippen molar-refractivity contribution < 1.29 is 38.1 Å². The average Bonchev–Trinajstić information content (AvgIpc) is 3.37. The Kier molecular flexibility index (Phi) is 10.4. The first-order valence-corrected chi connectivity index (χ1v) is 20.0. The van der Waals surface area contributed by atoms with Crippen molar-refractivity contribution in [1.82, 2.24) is 20.5 Å². The van der Waals surface area contributed by atoms with Crippen LogP contribution in [0.4, 0.5) is 4.79 Å². The molecule has 278 valence electrons. The first kappa shape index (κ1) is 37.4. The minimum Gasteiger partial charge on any atom is -0.497 e. The molecule has 13 heteroatoms. The Hall–Kier alpha value is -4.41. The van der Waals surface area contributed by atoms with Gasteiger partial charge in [-0.25, -0.2) is 9.78 Å². The van der Waals surface area contributed by atoms with Crippen molar-refractivity contribution in [1.29, 1.82) is 0 Å². The van der Waals surface area contributed by atoms with E-state index in [0.717, 1.165) is 31.2 Å². The van der Waals surface area contributed by atoms with E-state index in [1.54, 1.807) is 13.2 Å². The van der Waals surface area contributed by atoms with Crippen LogP contribution in [0.3, 0.4) is 0 Å². The molecule has 6 rings (SSSR count). The largest absolute Gasteiger partial charge is 0.497 e. The van der Waals surface area contributed by atoms with E-state index in [1.165, 1.54) is 11.6 Å². The number of methoxy groups -OCH3 is 1. The minimum absolute atomic E-state index is 0.0181. The molecule has 1 aliphatic heterocycles. The maximum atomic E-state index is 14.6. The summed E-state index contributed by atoms with van der Waals surface area (Å²) >= 11 is 0. The Morgan fingerprint density at radius 2 is 1.81 bits per heavy atom. The Balaban J connectivity index is 1.33. The van der Waals surface area contributed by atoms with Crippen LogP contribution in [-0.4, -0.2) is 82.6 Å². The molecule has 3 aliphatic rings. The summed E-state index contributed by atoms with van der Waals surface area (Å²) in [6.07, 6.45) is 3.89. The summed E-state index contributed by atoms with van der Waals surface area (Å²) in [6.45, 7) is 10.5. The van der Waals surface area contributed by atoms with E-state index in [9.17, 15) is 23.8 Å². The molecule has 2 saturated carbocycles. The molecule has 3 aromatic rings. The maximum Gasteiger partial charge on any atom is 0.408 e. The fourth-order valence-electron chi connectivity index (χ4n) is 7.41. The molecule has 2 aromatic carbocycles. The number of ether oxygens (including phenoxy) is 3. The van der Waals surface area contributed by atoms with E-state index >= 15 is 0 Å². The van der Waals surface area contributed by atoms with Gasteiger partial charge in [0.1, 0.15) is 41.1 Å². The Morgan fingerprint density at radius 1 is 1.10 bits per heavy atom. The SMILES string of the molecule is C=C[C@@H]1C[C@]1(NC(=O)[C@@H]1CC(Oc2cc(-c3ccccc3)nc3cc(OC)ccc23)CN1C(=O)[C@@H](NC(=O)OC1CCCC1)C(C)(C)C)P(C)(=O)O. The number of nitrogens with one attached hydrogen (secondary N) is 2. The number of aromatic nitrogens is 1. The smallest absolute Gasteiger partial charge is 0.408 e. The highest BCUT2D eigenvalue weighted by molar-refractivity contribution is 7.59. The fraction of sp³-hybridized carbons (Fsp3) is 0.487. The third-order valence-corrected chi connectivity index (χ3v) is 12.6. The normalized spacial score (nSPS) is 24.8. The van der Waals surface area contributed by atoms with Gasteiger partial charge in [0.25, 0.3) is 0 Å². The highest BCUT2D eigenvalue weighted by Crippen LogP contribution is 2.67. The van der Waals surface area contributed by atoms with Gasteiger partial charge in [-0.1, -0.05) is 57.2 Å². The molecule has 1 saturated heterocycles. The van der Waals surface area contributed by atoms with Crippen LogP contribution in [0.15, 0.2) is 67.3 Å². The van der Waals surface area contributed by atoms with Crippen LogP contribution in [0, 0.1) is 11.3 Å². The van der Waals surface area contributed by atoms with Gasteiger partial charge < -0.3 is 34.6 Å². The quantitative estimate of drug-likeness (QED) is 0.153. The molecule has 2 heterocycles. The summed E-state index contributed by atoms with van der Waals surface area (Å²) in [6, 6.07) is 14.9. The van der Waals surface area contributed by atoms with Crippen LogP contribution in [0.25, 0.3) is 22.2 Å². The van der Waals surface area contributed by atoms with Gasteiger partial charge in [-0.2, -0.15) is 0 Å². The zero-order chi connectivity index (χ0) is 37.4. The molecular formula is C39H49N4O8P. The van der Waals surface area contributed by atoms with Gasteiger partial charge in [0.05, 0.1) is 24.9 Å². The lowest BCUT2D eigenvalue weighted by Crippen LogP contribution is -2.58. The standard InChI is InChI=1S/C39H49N4O8P/c1-7-25-22-39(25,52(6,47)48)42-35(44)32-20-28(23-43(32)36(45)34(38(2,3)4)41-37(46)51-26-15-11-12-16-26)50-33-21-30(24-13-9-8-10-14-24)40-31-19-27(49-5)17-18-29(31)33/h7-10,13-14,17-19,21,25-26,28,32,34H,1,11-12,15-16,20,22-23H2,2-6H3,(H,41,46)(H,42,44)(H,47,48)/t25-,28?,32+,34-,39+/m1/s1. The predicted octanol–water partition coefficient (Wildman–Crippen LogP) is 6.26. The number of pyridine rings is 1. The maximum absolute atomic E-state index is 14.6. The number of amides is 3. The van der Waals surface area contributed by atoms with E-state index in [1.807, 2.05) is 75.4 Å². The van der Waals surface area contributed by atoms with Crippen molar-refractivity contribution in [3.8, 4) is 22.8 Å². The van der Waals surface area contributed by atoms with Gasteiger partial charge in [0, 0.05) is 42.1 Å². The number of alkyl carbamates (subject to hydrolysis) is 1. The van der Waals surface area contributed by atoms with Crippen molar-refractivity contribution in [3.63, 3.8) is 0 Å². The highest BCUT2D eigenvalue weighted by Gasteiger charge is 2.64. The molecule has 3 fully saturated rings. The fourth-order valence-corrected chi connectivity index (χ4v) is 8.99. The lowest BCUT2D eigenvalue weighted by atomic mass is 9.85. The van der Waals surface area contributed by atoms with E-state index in [2.05, 4.69) is 17.2 Å². The number of fused-ring (bicyclic) bond motifs is 1. The molecule has 3 amide bonds. The second kappa shape index (κ2) is 14.5. The molecule has 0 spiro atoms. The van der Waals surface area contributed by atoms with Crippen molar-refractivity contribution in [2.24, 2.45) is 11.3 Å². The Bertz CT molecular complexity index is 1890. The molecule has 12 nitrogen and oxygen atoms in total. The van der Waals surface area contributed by atoms with Crippen LogP contribution in [0.5, 0.6) is 11.5 Å². The monoisotopic (exact) mass is 732 g/mol. The van der Waals surface area contributed by atoms with E-state index < -0.39 is 54.2 Å². The molecule has 52 heavy (non-hydrogen) atoms. The zero-order valence-electron chi connectivity index (χ0n) is 30.5. The third-order valence-electron chi connectivity index (χ3n) is 10.5. The summed E-state index contributed by atoms with van der Waals surface area (Å²) in [5, 5.41) is 5.01. The van der Waals surface area contributed by atoms with Crippen molar-refractivity contribution >= 4 is 36.2 Å². The number of carbonyl (C=O) groups is 3. The molecule has 2 unspecified atom stereocenters. The number of carbonyl (C=O) groups excluding carboxylic acids is 3. The zero-order valence-corrected chi connectivity index (χ0v) is 31.4. The van der Waals surface area contributed by atoms with Gasteiger partial charge in [0.2, 0.25) is 19.2 Å². The van der Waals surface area contributed by atoms with Gasteiger partial charge in [-0.05, 0) is 49.7 Å². The number of hydrogen-bond acceptors (Lipinski definition) is 8.